The van der Waals surface area contributed by atoms with Gasteiger partial charge in [-0.2, -0.15) is 0 Å². The summed E-state index contributed by atoms with van der Waals surface area (Å²) in [4.78, 5) is 13.0. The van der Waals surface area contributed by atoms with Crippen molar-refractivity contribution in [3.63, 3.8) is 0 Å². The van der Waals surface area contributed by atoms with Crippen molar-refractivity contribution in [3.8, 4) is 5.75 Å². The molecule has 0 fully saturated rings. The van der Waals surface area contributed by atoms with Crippen molar-refractivity contribution < 1.29 is 14.3 Å². The second-order valence-electron chi connectivity index (χ2n) is 8.08. The van der Waals surface area contributed by atoms with Crippen molar-refractivity contribution >= 4 is 11.6 Å². The second kappa shape index (κ2) is 9.81. The maximum Gasteiger partial charge on any atom is 0.256 e. The van der Waals surface area contributed by atoms with Crippen molar-refractivity contribution in [2.24, 2.45) is 17.8 Å². The van der Waals surface area contributed by atoms with E-state index in [1.807, 2.05) is 24.3 Å². The minimum Gasteiger partial charge on any atom is -0.493 e. The first-order chi connectivity index (χ1) is 11.7. The number of carbonyl (C=O) groups is 1. The van der Waals surface area contributed by atoms with Gasteiger partial charge in [-0.15, -0.1) is 0 Å². The van der Waals surface area contributed by atoms with Gasteiger partial charge in [0.1, 0.15) is 11.4 Å². The van der Waals surface area contributed by atoms with E-state index in [0.29, 0.717) is 37.2 Å². The lowest BCUT2D eigenvalue weighted by Gasteiger charge is -2.34. The van der Waals surface area contributed by atoms with Crippen LogP contribution in [-0.2, 0) is 9.53 Å². The SMILES string of the molecule is COC(CC(C)C)(CC(C)C)C(=O)Nc1ccc(OCC(C)C)cc1. The van der Waals surface area contributed by atoms with Gasteiger partial charge in [-0.25, -0.2) is 0 Å². The van der Waals surface area contributed by atoms with Crippen molar-refractivity contribution in [1.82, 2.24) is 0 Å². The van der Waals surface area contributed by atoms with Gasteiger partial charge in [0, 0.05) is 12.8 Å². The fourth-order valence-corrected chi connectivity index (χ4v) is 2.99. The Bertz CT molecular complexity index is 510. The fraction of sp³-hybridized carbons (Fsp3) is 0.667. The summed E-state index contributed by atoms with van der Waals surface area (Å²) < 4.78 is 11.4. The molecule has 0 saturated carbocycles. The molecule has 0 aliphatic carbocycles. The number of hydrogen-bond acceptors (Lipinski definition) is 3. The van der Waals surface area contributed by atoms with Gasteiger partial charge in [-0.1, -0.05) is 41.5 Å². The minimum atomic E-state index is -0.796. The lowest BCUT2D eigenvalue weighted by molar-refractivity contribution is -0.142. The molecule has 142 valence electrons. The van der Waals surface area contributed by atoms with Crippen LogP contribution in [0.25, 0.3) is 0 Å². The number of nitrogens with one attached hydrogen (secondary N) is 1. The molecule has 0 heterocycles. The summed E-state index contributed by atoms with van der Waals surface area (Å²) >= 11 is 0. The molecule has 4 nitrogen and oxygen atoms in total. The Morgan fingerprint density at radius 2 is 1.48 bits per heavy atom. The molecule has 0 saturated heterocycles. The van der Waals surface area contributed by atoms with Crippen LogP contribution in [0.1, 0.15) is 54.4 Å². The second-order valence-corrected chi connectivity index (χ2v) is 8.08. The maximum absolute atomic E-state index is 13.0. The molecule has 4 heteroatoms. The first-order valence-corrected chi connectivity index (χ1v) is 9.28. The van der Waals surface area contributed by atoms with Gasteiger partial charge in [0.05, 0.1) is 6.61 Å². The molecule has 0 aliphatic heterocycles. The van der Waals surface area contributed by atoms with E-state index in [4.69, 9.17) is 9.47 Å². The van der Waals surface area contributed by atoms with E-state index >= 15 is 0 Å². The quantitative estimate of drug-likeness (QED) is 0.636. The van der Waals surface area contributed by atoms with Crippen molar-refractivity contribution in [3.05, 3.63) is 24.3 Å². The Morgan fingerprint density at radius 1 is 0.960 bits per heavy atom. The number of hydrogen-bond donors (Lipinski definition) is 1. The summed E-state index contributed by atoms with van der Waals surface area (Å²) in [6, 6.07) is 7.52. The highest BCUT2D eigenvalue weighted by Crippen LogP contribution is 2.30. The van der Waals surface area contributed by atoms with E-state index in [-0.39, 0.29) is 5.91 Å². The molecule has 0 bridgehead atoms. The average Bonchev–Trinajstić information content (AvgIpc) is 2.52. The van der Waals surface area contributed by atoms with Crippen molar-refractivity contribution in [2.45, 2.75) is 60.0 Å². The molecule has 0 aliphatic rings. The normalized spacial score (nSPS) is 12.1. The number of anilines is 1. The average molecular weight is 350 g/mol. The Balaban J connectivity index is 2.84. The van der Waals surface area contributed by atoms with Gasteiger partial charge >= 0.3 is 0 Å². The summed E-state index contributed by atoms with van der Waals surface area (Å²) in [7, 11) is 1.63. The molecule has 25 heavy (non-hydrogen) atoms. The maximum atomic E-state index is 13.0. The van der Waals surface area contributed by atoms with Crippen LogP contribution in [0.3, 0.4) is 0 Å². The van der Waals surface area contributed by atoms with Gasteiger partial charge in [-0.3, -0.25) is 4.79 Å². The third-order valence-electron chi connectivity index (χ3n) is 3.98. The number of rotatable bonds is 10. The van der Waals surface area contributed by atoms with Gasteiger partial charge in [0.15, 0.2) is 0 Å². The molecular formula is C21H35NO3. The zero-order chi connectivity index (χ0) is 19.0. The van der Waals surface area contributed by atoms with E-state index < -0.39 is 5.60 Å². The fourth-order valence-electron chi connectivity index (χ4n) is 2.99. The van der Waals surface area contributed by atoms with Crippen LogP contribution >= 0.6 is 0 Å². The molecular weight excluding hydrogens is 314 g/mol. The zero-order valence-electron chi connectivity index (χ0n) is 16.9. The summed E-state index contributed by atoms with van der Waals surface area (Å²) in [6.45, 7) is 13.4. The largest absolute Gasteiger partial charge is 0.493 e. The topological polar surface area (TPSA) is 47.6 Å². The number of amides is 1. The van der Waals surface area contributed by atoms with Crippen LogP contribution in [0.15, 0.2) is 24.3 Å². The van der Waals surface area contributed by atoms with Gasteiger partial charge < -0.3 is 14.8 Å². The summed E-state index contributed by atoms with van der Waals surface area (Å²) in [5.41, 5.74) is -0.0364. The molecule has 1 rings (SSSR count). The molecule has 1 aromatic carbocycles. The number of ether oxygens (including phenoxy) is 2. The van der Waals surface area contributed by atoms with Crippen LogP contribution in [0, 0.1) is 17.8 Å². The van der Waals surface area contributed by atoms with E-state index in [0.717, 1.165) is 11.4 Å². The lowest BCUT2D eigenvalue weighted by atomic mass is 9.84. The molecule has 0 aromatic heterocycles. The molecule has 0 radical (unpaired) electrons. The Morgan fingerprint density at radius 3 is 1.88 bits per heavy atom. The standard InChI is InChI=1S/C21H35NO3/c1-15(2)12-21(24-7,13-16(3)4)20(23)22-18-8-10-19(11-9-18)25-14-17(5)6/h8-11,15-17H,12-14H2,1-7H3,(H,22,23). The van der Waals surface area contributed by atoms with Gasteiger partial charge in [0.25, 0.3) is 5.91 Å². The monoisotopic (exact) mass is 349 g/mol. The van der Waals surface area contributed by atoms with E-state index in [1.165, 1.54) is 0 Å². The van der Waals surface area contributed by atoms with Crippen LogP contribution in [0.4, 0.5) is 5.69 Å². The smallest absolute Gasteiger partial charge is 0.256 e. The Kier molecular flexibility index (Phi) is 8.43. The highest BCUT2D eigenvalue weighted by atomic mass is 16.5. The number of carbonyl (C=O) groups excluding carboxylic acids is 1. The summed E-state index contributed by atoms with van der Waals surface area (Å²) in [5.74, 6) is 1.96. The number of methoxy groups -OCH3 is 1. The number of benzene rings is 1. The zero-order valence-corrected chi connectivity index (χ0v) is 16.9. The van der Waals surface area contributed by atoms with E-state index in [1.54, 1.807) is 7.11 Å². The van der Waals surface area contributed by atoms with Crippen LogP contribution < -0.4 is 10.1 Å². The van der Waals surface area contributed by atoms with Crippen LogP contribution in [0.2, 0.25) is 0 Å². The first-order valence-electron chi connectivity index (χ1n) is 9.28. The first kappa shape index (κ1) is 21.5. The predicted molar refractivity (Wildman–Crippen MR) is 104 cm³/mol. The minimum absolute atomic E-state index is 0.0757. The predicted octanol–water partition coefficient (Wildman–Crippen LogP) is 5.14. The van der Waals surface area contributed by atoms with Crippen LogP contribution in [-0.4, -0.2) is 25.2 Å². The van der Waals surface area contributed by atoms with Crippen molar-refractivity contribution in [1.29, 1.82) is 0 Å². The summed E-state index contributed by atoms with van der Waals surface area (Å²) in [6.07, 6.45) is 1.40. The third-order valence-corrected chi connectivity index (χ3v) is 3.98. The highest BCUT2D eigenvalue weighted by Gasteiger charge is 2.39. The Labute approximate surface area is 153 Å². The van der Waals surface area contributed by atoms with Crippen LogP contribution in [0.5, 0.6) is 5.75 Å². The molecule has 0 unspecified atom stereocenters. The summed E-state index contributed by atoms with van der Waals surface area (Å²) in [5, 5.41) is 3.02. The molecule has 0 atom stereocenters. The van der Waals surface area contributed by atoms with E-state index in [2.05, 4.69) is 46.9 Å². The lowest BCUT2D eigenvalue weighted by Crippen LogP contribution is -2.46. The molecule has 1 aromatic rings. The Hall–Kier alpha value is -1.55. The highest BCUT2D eigenvalue weighted by molar-refractivity contribution is 5.97. The molecule has 1 amide bonds. The van der Waals surface area contributed by atoms with E-state index in [9.17, 15) is 4.79 Å². The van der Waals surface area contributed by atoms with Gasteiger partial charge in [-0.05, 0) is 54.9 Å². The van der Waals surface area contributed by atoms with Crippen molar-refractivity contribution in [2.75, 3.05) is 19.0 Å². The van der Waals surface area contributed by atoms with Gasteiger partial charge in [0.2, 0.25) is 0 Å². The molecule has 1 N–H and O–H groups in total. The molecule has 0 spiro atoms. The third kappa shape index (κ3) is 7.07.